The van der Waals surface area contributed by atoms with Crippen molar-refractivity contribution in [2.75, 3.05) is 23.9 Å². The predicted molar refractivity (Wildman–Crippen MR) is 93.8 cm³/mol. The number of hydrogen-bond acceptors (Lipinski definition) is 3. The Bertz CT molecular complexity index is 701. The van der Waals surface area contributed by atoms with Gasteiger partial charge in [-0.05, 0) is 52.3 Å². The Morgan fingerprint density at radius 2 is 1.78 bits per heavy atom. The molecule has 0 unspecified atom stereocenters. The molecule has 2 rings (SSSR count). The van der Waals surface area contributed by atoms with E-state index in [1.807, 2.05) is 18.2 Å². The molecule has 0 radical (unpaired) electrons. The maximum absolute atomic E-state index is 12.2. The maximum Gasteiger partial charge on any atom is 0.244 e. The second-order valence-corrected chi connectivity index (χ2v) is 5.69. The van der Waals surface area contributed by atoms with Gasteiger partial charge in [0.25, 0.3) is 0 Å². The standard InChI is InChI=1S/C17H17BrN2O3/c1-12(21)20(13-7-9-14(23-2)10-8-13)11-17(22)19-16-6-4-3-5-15(16)18/h3-10H,11H2,1-2H3,(H,19,22). The smallest absolute Gasteiger partial charge is 0.244 e. The summed E-state index contributed by atoms with van der Waals surface area (Å²) in [6.07, 6.45) is 0. The number of ether oxygens (including phenoxy) is 1. The minimum absolute atomic E-state index is 0.0665. The number of rotatable bonds is 5. The number of benzene rings is 2. The van der Waals surface area contributed by atoms with E-state index in [4.69, 9.17) is 4.74 Å². The van der Waals surface area contributed by atoms with E-state index in [1.54, 1.807) is 37.4 Å². The van der Waals surface area contributed by atoms with Crippen LogP contribution in [0.15, 0.2) is 53.0 Å². The summed E-state index contributed by atoms with van der Waals surface area (Å²) in [5, 5.41) is 2.78. The Morgan fingerprint density at radius 3 is 2.35 bits per heavy atom. The van der Waals surface area contributed by atoms with E-state index >= 15 is 0 Å². The van der Waals surface area contributed by atoms with Crippen molar-refractivity contribution in [3.05, 3.63) is 53.0 Å². The number of nitrogens with zero attached hydrogens (tertiary/aromatic N) is 1. The summed E-state index contributed by atoms with van der Waals surface area (Å²) in [6.45, 7) is 1.36. The third kappa shape index (κ3) is 4.56. The zero-order chi connectivity index (χ0) is 16.8. The number of halogens is 1. The Balaban J connectivity index is 2.11. The first-order valence-electron chi connectivity index (χ1n) is 6.98. The second-order valence-electron chi connectivity index (χ2n) is 4.83. The number of amides is 2. The molecule has 0 aliphatic rings. The highest BCUT2D eigenvalue weighted by atomic mass is 79.9. The van der Waals surface area contributed by atoms with Crippen molar-refractivity contribution in [1.29, 1.82) is 0 Å². The number of nitrogens with one attached hydrogen (secondary N) is 1. The quantitative estimate of drug-likeness (QED) is 0.869. The first-order valence-corrected chi connectivity index (χ1v) is 7.77. The molecule has 0 aromatic heterocycles. The van der Waals surface area contributed by atoms with Gasteiger partial charge >= 0.3 is 0 Å². The fraction of sp³-hybridized carbons (Fsp3) is 0.176. The van der Waals surface area contributed by atoms with Crippen LogP contribution in [0.25, 0.3) is 0 Å². The van der Waals surface area contributed by atoms with E-state index in [0.717, 1.165) is 4.47 Å². The van der Waals surface area contributed by atoms with Gasteiger partial charge in [0.2, 0.25) is 11.8 Å². The summed E-state index contributed by atoms with van der Waals surface area (Å²) < 4.78 is 5.88. The van der Waals surface area contributed by atoms with Crippen LogP contribution in [0.3, 0.4) is 0 Å². The molecule has 120 valence electrons. The van der Waals surface area contributed by atoms with Gasteiger partial charge in [0.1, 0.15) is 12.3 Å². The van der Waals surface area contributed by atoms with E-state index in [2.05, 4.69) is 21.2 Å². The molecule has 2 amide bonds. The fourth-order valence-electron chi connectivity index (χ4n) is 2.04. The van der Waals surface area contributed by atoms with Gasteiger partial charge in [0, 0.05) is 17.1 Å². The first kappa shape index (κ1) is 17.0. The van der Waals surface area contributed by atoms with Crippen LogP contribution in [0.2, 0.25) is 0 Å². The van der Waals surface area contributed by atoms with Gasteiger partial charge in [0.05, 0.1) is 12.8 Å². The maximum atomic E-state index is 12.2. The minimum atomic E-state index is -0.275. The summed E-state index contributed by atoms with van der Waals surface area (Å²) in [7, 11) is 1.57. The van der Waals surface area contributed by atoms with Gasteiger partial charge in [-0.2, -0.15) is 0 Å². The van der Waals surface area contributed by atoms with Crippen molar-refractivity contribution in [3.63, 3.8) is 0 Å². The van der Waals surface area contributed by atoms with Crippen molar-refractivity contribution in [3.8, 4) is 5.75 Å². The van der Waals surface area contributed by atoms with Gasteiger partial charge in [-0.3, -0.25) is 9.59 Å². The van der Waals surface area contributed by atoms with Crippen molar-refractivity contribution in [2.24, 2.45) is 0 Å². The van der Waals surface area contributed by atoms with Crippen molar-refractivity contribution in [1.82, 2.24) is 0 Å². The number of carbonyl (C=O) groups excluding carboxylic acids is 2. The van der Waals surface area contributed by atoms with E-state index < -0.39 is 0 Å². The van der Waals surface area contributed by atoms with Crippen LogP contribution in [-0.4, -0.2) is 25.5 Å². The summed E-state index contributed by atoms with van der Waals surface area (Å²) in [4.78, 5) is 25.5. The average Bonchev–Trinajstić information content (AvgIpc) is 2.55. The SMILES string of the molecule is COc1ccc(N(CC(=O)Nc2ccccc2Br)C(C)=O)cc1. The molecule has 0 atom stereocenters. The highest BCUT2D eigenvalue weighted by Crippen LogP contribution is 2.22. The topological polar surface area (TPSA) is 58.6 Å². The van der Waals surface area contributed by atoms with Crippen LogP contribution in [0.1, 0.15) is 6.92 Å². The number of para-hydroxylation sites is 1. The second kappa shape index (κ2) is 7.78. The van der Waals surface area contributed by atoms with Crippen LogP contribution in [0.4, 0.5) is 11.4 Å². The third-order valence-corrected chi connectivity index (χ3v) is 3.91. The Labute approximate surface area is 143 Å². The number of methoxy groups -OCH3 is 1. The molecule has 0 fully saturated rings. The normalized spacial score (nSPS) is 10.0. The number of anilines is 2. The monoisotopic (exact) mass is 376 g/mol. The van der Waals surface area contributed by atoms with Crippen molar-refractivity contribution >= 4 is 39.1 Å². The number of carbonyl (C=O) groups is 2. The Hall–Kier alpha value is -2.34. The van der Waals surface area contributed by atoms with Crippen molar-refractivity contribution in [2.45, 2.75) is 6.92 Å². The molecule has 1 N–H and O–H groups in total. The minimum Gasteiger partial charge on any atom is -0.497 e. The van der Waals surface area contributed by atoms with Gasteiger partial charge in [-0.15, -0.1) is 0 Å². The first-order chi connectivity index (χ1) is 11.0. The molecule has 2 aromatic carbocycles. The lowest BCUT2D eigenvalue weighted by Gasteiger charge is -2.21. The molecule has 23 heavy (non-hydrogen) atoms. The molecular weight excluding hydrogens is 360 g/mol. The molecule has 0 saturated heterocycles. The molecule has 0 heterocycles. The van der Waals surface area contributed by atoms with E-state index in [0.29, 0.717) is 17.1 Å². The molecule has 2 aromatic rings. The van der Waals surface area contributed by atoms with Crippen LogP contribution in [0.5, 0.6) is 5.75 Å². The summed E-state index contributed by atoms with van der Waals surface area (Å²) in [5.74, 6) is 0.204. The summed E-state index contributed by atoms with van der Waals surface area (Å²) in [5.41, 5.74) is 1.30. The van der Waals surface area contributed by atoms with Gasteiger partial charge in [-0.1, -0.05) is 12.1 Å². The zero-order valence-corrected chi connectivity index (χ0v) is 14.5. The molecule has 6 heteroatoms. The largest absolute Gasteiger partial charge is 0.497 e. The fourth-order valence-corrected chi connectivity index (χ4v) is 2.43. The van der Waals surface area contributed by atoms with E-state index in [1.165, 1.54) is 11.8 Å². The lowest BCUT2D eigenvalue weighted by molar-refractivity contribution is -0.120. The van der Waals surface area contributed by atoms with Crippen LogP contribution >= 0.6 is 15.9 Å². The molecule has 0 aliphatic heterocycles. The molecule has 5 nitrogen and oxygen atoms in total. The highest BCUT2D eigenvalue weighted by molar-refractivity contribution is 9.10. The Kier molecular flexibility index (Phi) is 5.76. The average molecular weight is 377 g/mol. The summed E-state index contributed by atoms with van der Waals surface area (Å²) in [6, 6.07) is 14.3. The number of hydrogen-bond donors (Lipinski definition) is 1. The molecular formula is C17H17BrN2O3. The van der Waals surface area contributed by atoms with Crippen LogP contribution in [0, 0.1) is 0 Å². The lowest BCUT2D eigenvalue weighted by Crippen LogP contribution is -2.36. The predicted octanol–water partition coefficient (Wildman–Crippen LogP) is 3.45. The van der Waals surface area contributed by atoms with Gasteiger partial charge in [-0.25, -0.2) is 0 Å². The lowest BCUT2D eigenvalue weighted by atomic mass is 10.2. The van der Waals surface area contributed by atoms with Crippen LogP contribution < -0.4 is 15.0 Å². The zero-order valence-electron chi connectivity index (χ0n) is 12.9. The molecule has 0 aliphatic carbocycles. The molecule has 0 saturated carbocycles. The van der Waals surface area contributed by atoms with Crippen LogP contribution in [-0.2, 0) is 9.59 Å². The van der Waals surface area contributed by atoms with Crippen molar-refractivity contribution < 1.29 is 14.3 Å². The molecule has 0 spiro atoms. The third-order valence-electron chi connectivity index (χ3n) is 3.21. The van der Waals surface area contributed by atoms with Gasteiger partial charge in [0.15, 0.2) is 0 Å². The summed E-state index contributed by atoms with van der Waals surface area (Å²) >= 11 is 3.37. The molecule has 0 bridgehead atoms. The van der Waals surface area contributed by atoms with E-state index in [9.17, 15) is 9.59 Å². The van der Waals surface area contributed by atoms with E-state index in [-0.39, 0.29) is 18.4 Å². The Morgan fingerprint density at radius 1 is 1.13 bits per heavy atom. The highest BCUT2D eigenvalue weighted by Gasteiger charge is 2.16. The van der Waals surface area contributed by atoms with Gasteiger partial charge < -0.3 is 15.0 Å².